The Morgan fingerprint density at radius 3 is 2.69 bits per heavy atom. The fraction of sp³-hybridized carbons (Fsp3) is 0. The van der Waals surface area contributed by atoms with E-state index in [1.807, 2.05) is 12.4 Å². The summed E-state index contributed by atoms with van der Waals surface area (Å²) in [5, 5.41) is 2.47. The summed E-state index contributed by atoms with van der Waals surface area (Å²) in [6.07, 6.45) is 5.51. The highest BCUT2D eigenvalue weighted by Gasteiger charge is 2.05. The van der Waals surface area contributed by atoms with Crippen LogP contribution in [0.2, 0.25) is 0 Å². The SMILES string of the molecule is c1ccc2c(-c3c[nH+]ccn3)cccc2c1. The van der Waals surface area contributed by atoms with Crippen LogP contribution in [0.25, 0.3) is 22.0 Å². The Balaban J connectivity index is 2.32. The van der Waals surface area contributed by atoms with Gasteiger partial charge in [-0.1, -0.05) is 42.5 Å². The number of nitrogens with one attached hydrogen (secondary N) is 1. The highest BCUT2D eigenvalue weighted by atomic mass is 14.8. The van der Waals surface area contributed by atoms with Crippen molar-refractivity contribution in [2.24, 2.45) is 0 Å². The summed E-state index contributed by atoms with van der Waals surface area (Å²) in [7, 11) is 0. The largest absolute Gasteiger partial charge is 0.244 e. The molecule has 1 aromatic heterocycles. The van der Waals surface area contributed by atoms with Crippen LogP contribution in [0.15, 0.2) is 61.1 Å². The average molecular weight is 207 g/mol. The molecule has 3 aromatic rings. The topological polar surface area (TPSA) is 27.0 Å². The standard InChI is InChI=1S/C14H10N2/c1-2-6-12-11(4-1)5-3-7-13(12)14-10-15-8-9-16-14/h1-10H/p+1. The molecule has 16 heavy (non-hydrogen) atoms. The van der Waals surface area contributed by atoms with Crippen molar-refractivity contribution in [1.82, 2.24) is 4.98 Å². The van der Waals surface area contributed by atoms with Gasteiger partial charge in [0.25, 0.3) is 0 Å². The molecule has 0 aliphatic carbocycles. The van der Waals surface area contributed by atoms with Crippen molar-refractivity contribution < 1.29 is 4.98 Å². The third-order valence-corrected chi connectivity index (χ3v) is 2.67. The van der Waals surface area contributed by atoms with E-state index in [0.717, 1.165) is 11.3 Å². The highest BCUT2D eigenvalue weighted by molar-refractivity contribution is 5.95. The molecule has 2 nitrogen and oxygen atoms in total. The zero-order valence-corrected chi connectivity index (χ0v) is 8.72. The molecule has 0 saturated carbocycles. The van der Waals surface area contributed by atoms with Gasteiger partial charge >= 0.3 is 0 Å². The van der Waals surface area contributed by atoms with Crippen molar-refractivity contribution >= 4 is 10.8 Å². The van der Waals surface area contributed by atoms with Crippen molar-refractivity contribution in [2.75, 3.05) is 0 Å². The van der Waals surface area contributed by atoms with Gasteiger partial charge in [0.15, 0.2) is 12.4 Å². The van der Waals surface area contributed by atoms with Crippen LogP contribution in [-0.4, -0.2) is 4.98 Å². The van der Waals surface area contributed by atoms with E-state index in [2.05, 4.69) is 52.4 Å². The summed E-state index contributed by atoms with van der Waals surface area (Å²) in [6, 6.07) is 14.6. The molecule has 0 spiro atoms. The fourth-order valence-electron chi connectivity index (χ4n) is 1.92. The predicted molar refractivity (Wildman–Crippen MR) is 63.7 cm³/mol. The molecule has 2 aromatic carbocycles. The van der Waals surface area contributed by atoms with E-state index in [-0.39, 0.29) is 0 Å². The van der Waals surface area contributed by atoms with Crippen LogP contribution < -0.4 is 4.98 Å². The molecular weight excluding hydrogens is 196 g/mol. The zero-order chi connectivity index (χ0) is 10.8. The molecular formula is C14H11N2+. The number of hydrogen-bond acceptors (Lipinski definition) is 1. The number of nitrogens with zero attached hydrogens (tertiary/aromatic N) is 1. The lowest BCUT2D eigenvalue weighted by atomic mass is 10.0. The molecule has 2 heteroatoms. The average Bonchev–Trinajstić information content (AvgIpc) is 2.39. The summed E-state index contributed by atoms with van der Waals surface area (Å²) in [5.74, 6) is 0. The number of H-pyrrole nitrogens is 1. The fourth-order valence-corrected chi connectivity index (χ4v) is 1.92. The Hall–Kier alpha value is -2.22. The Kier molecular flexibility index (Phi) is 2.11. The van der Waals surface area contributed by atoms with Gasteiger partial charge in [-0.15, -0.1) is 0 Å². The lowest BCUT2D eigenvalue weighted by molar-refractivity contribution is -0.378. The maximum absolute atomic E-state index is 4.37. The van der Waals surface area contributed by atoms with Gasteiger partial charge < -0.3 is 0 Å². The van der Waals surface area contributed by atoms with E-state index in [1.54, 1.807) is 6.20 Å². The van der Waals surface area contributed by atoms with E-state index in [9.17, 15) is 0 Å². The first kappa shape index (κ1) is 9.04. The van der Waals surface area contributed by atoms with Gasteiger partial charge in [0.1, 0.15) is 5.69 Å². The van der Waals surface area contributed by atoms with E-state index in [1.165, 1.54) is 10.8 Å². The second kappa shape index (κ2) is 3.74. The molecule has 1 N–H and O–H groups in total. The molecule has 0 aliphatic heterocycles. The molecule has 0 amide bonds. The first-order valence-electron chi connectivity index (χ1n) is 5.25. The van der Waals surface area contributed by atoms with Crippen LogP contribution in [0.5, 0.6) is 0 Å². The van der Waals surface area contributed by atoms with Gasteiger partial charge in [-0.25, -0.2) is 9.97 Å². The lowest BCUT2D eigenvalue weighted by Crippen LogP contribution is -2.00. The van der Waals surface area contributed by atoms with E-state index in [0.29, 0.717) is 0 Å². The van der Waals surface area contributed by atoms with Crippen LogP contribution in [0.4, 0.5) is 0 Å². The first-order chi connectivity index (χ1) is 7.95. The summed E-state index contributed by atoms with van der Waals surface area (Å²) in [5.41, 5.74) is 2.13. The van der Waals surface area contributed by atoms with E-state index < -0.39 is 0 Å². The number of aromatic amines is 1. The molecule has 0 bridgehead atoms. The van der Waals surface area contributed by atoms with E-state index >= 15 is 0 Å². The molecule has 0 unspecified atom stereocenters. The van der Waals surface area contributed by atoms with Crippen LogP contribution >= 0.6 is 0 Å². The minimum absolute atomic E-state index is 0.972. The minimum atomic E-state index is 0.972. The summed E-state index contributed by atoms with van der Waals surface area (Å²) < 4.78 is 0. The monoisotopic (exact) mass is 207 g/mol. The van der Waals surface area contributed by atoms with E-state index in [4.69, 9.17) is 0 Å². The quantitative estimate of drug-likeness (QED) is 0.602. The maximum Gasteiger partial charge on any atom is 0.193 e. The second-order valence-electron chi connectivity index (χ2n) is 3.67. The van der Waals surface area contributed by atoms with Crippen molar-refractivity contribution in [1.29, 1.82) is 0 Å². The van der Waals surface area contributed by atoms with Crippen LogP contribution in [-0.2, 0) is 0 Å². The van der Waals surface area contributed by atoms with Crippen LogP contribution in [0.3, 0.4) is 0 Å². The van der Waals surface area contributed by atoms with Crippen LogP contribution in [0.1, 0.15) is 0 Å². The third kappa shape index (κ3) is 1.44. The van der Waals surface area contributed by atoms with Crippen molar-refractivity contribution in [3.63, 3.8) is 0 Å². The van der Waals surface area contributed by atoms with Crippen molar-refractivity contribution in [2.45, 2.75) is 0 Å². The minimum Gasteiger partial charge on any atom is -0.244 e. The number of aromatic nitrogens is 2. The highest BCUT2D eigenvalue weighted by Crippen LogP contribution is 2.25. The van der Waals surface area contributed by atoms with Crippen LogP contribution in [0, 0.1) is 0 Å². The predicted octanol–water partition coefficient (Wildman–Crippen LogP) is 2.72. The molecule has 1 heterocycles. The molecule has 3 rings (SSSR count). The lowest BCUT2D eigenvalue weighted by Gasteiger charge is -2.03. The Morgan fingerprint density at radius 2 is 1.81 bits per heavy atom. The summed E-state index contributed by atoms with van der Waals surface area (Å²) >= 11 is 0. The zero-order valence-electron chi connectivity index (χ0n) is 8.72. The number of rotatable bonds is 1. The van der Waals surface area contributed by atoms with Crippen molar-refractivity contribution in [3.8, 4) is 11.3 Å². The molecule has 0 aliphatic rings. The van der Waals surface area contributed by atoms with Gasteiger partial charge in [-0.2, -0.15) is 0 Å². The number of fused-ring (bicyclic) bond motifs is 1. The number of benzene rings is 2. The Bertz CT molecular complexity index is 612. The normalized spacial score (nSPS) is 10.5. The summed E-state index contributed by atoms with van der Waals surface area (Å²) in [6.45, 7) is 0. The van der Waals surface area contributed by atoms with Gasteiger partial charge in [0.2, 0.25) is 0 Å². The number of hydrogen-bond donors (Lipinski definition) is 0. The molecule has 0 fully saturated rings. The Morgan fingerprint density at radius 1 is 0.938 bits per heavy atom. The van der Waals surface area contributed by atoms with Gasteiger partial charge in [0, 0.05) is 5.56 Å². The van der Waals surface area contributed by atoms with Crippen molar-refractivity contribution in [3.05, 3.63) is 61.1 Å². The van der Waals surface area contributed by atoms with Gasteiger partial charge in [-0.05, 0) is 10.8 Å². The molecule has 76 valence electrons. The third-order valence-electron chi connectivity index (χ3n) is 2.67. The smallest absolute Gasteiger partial charge is 0.193 e. The van der Waals surface area contributed by atoms with Gasteiger partial charge in [-0.3, -0.25) is 0 Å². The molecule has 0 atom stereocenters. The molecule has 0 saturated heterocycles. The first-order valence-corrected chi connectivity index (χ1v) is 5.25. The molecule has 0 radical (unpaired) electrons. The Labute approximate surface area is 93.6 Å². The summed E-state index contributed by atoms with van der Waals surface area (Å²) in [4.78, 5) is 7.43. The maximum atomic E-state index is 4.37. The second-order valence-corrected chi connectivity index (χ2v) is 3.67. The van der Waals surface area contributed by atoms with Gasteiger partial charge in [0.05, 0.1) is 6.20 Å².